The lowest BCUT2D eigenvalue weighted by Crippen LogP contribution is -2.41. The molecule has 2 heterocycles. The molecular formula is C15H19N3OS. The first-order valence-electron chi connectivity index (χ1n) is 7.16. The number of carbonyl (C=O) groups is 1. The Morgan fingerprint density at radius 1 is 1.45 bits per heavy atom. The third kappa shape index (κ3) is 3.16. The van der Waals surface area contributed by atoms with Crippen LogP contribution in [0, 0.1) is 5.92 Å². The summed E-state index contributed by atoms with van der Waals surface area (Å²) >= 11 is 1.71. The summed E-state index contributed by atoms with van der Waals surface area (Å²) < 4.78 is 1.21. The lowest BCUT2D eigenvalue weighted by atomic mass is 9.99. The number of hydrogen-bond donors (Lipinski definition) is 2. The van der Waals surface area contributed by atoms with E-state index in [2.05, 4.69) is 21.7 Å². The molecule has 2 N–H and O–H groups in total. The fraction of sp³-hybridized carbons (Fsp3) is 0.467. The van der Waals surface area contributed by atoms with E-state index in [1.807, 2.05) is 18.2 Å². The monoisotopic (exact) mass is 289 g/mol. The number of para-hydroxylation sites is 1. The highest BCUT2D eigenvalue weighted by Gasteiger charge is 2.20. The molecule has 0 radical (unpaired) electrons. The number of amides is 1. The minimum atomic E-state index is 0.138. The first-order chi connectivity index (χ1) is 9.83. The first-order valence-corrected chi connectivity index (χ1v) is 7.97. The first kappa shape index (κ1) is 13.5. The lowest BCUT2D eigenvalue weighted by molar-refractivity contribution is -0.125. The van der Waals surface area contributed by atoms with E-state index >= 15 is 0 Å². The Balaban J connectivity index is 1.50. The highest BCUT2D eigenvalue weighted by molar-refractivity contribution is 7.18. The van der Waals surface area contributed by atoms with Crippen LogP contribution >= 0.6 is 11.3 Å². The highest BCUT2D eigenvalue weighted by atomic mass is 32.1. The Morgan fingerprint density at radius 2 is 2.35 bits per heavy atom. The molecule has 1 saturated heterocycles. The number of rotatable bonds is 4. The highest BCUT2D eigenvalue weighted by Crippen LogP contribution is 2.21. The largest absolute Gasteiger partial charge is 0.355 e. The fourth-order valence-electron chi connectivity index (χ4n) is 2.54. The Kier molecular flexibility index (Phi) is 4.28. The predicted octanol–water partition coefficient (Wildman–Crippen LogP) is 1.95. The van der Waals surface area contributed by atoms with Gasteiger partial charge in [0.15, 0.2) is 0 Å². The van der Waals surface area contributed by atoms with Crippen molar-refractivity contribution < 1.29 is 4.79 Å². The van der Waals surface area contributed by atoms with E-state index < -0.39 is 0 Å². The molecule has 4 nitrogen and oxygen atoms in total. The molecule has 0 aliphatic carbocycles. The second-order valence-corrected chi connectivity index (χ2v) is 6.27. The van der Waals surface area contributed by atoms with E-state index in [9.17, 15) is 4.79 Å². The molecule has 1 fully saturated rings. The molecule has 20 heavy (non-hydrogen) atoms. The molecule has 0 spiro atoms. The third-order valence-corrected chi connectivity index (χ3v) is 4.74. The number of benzene rings is 1. The zero-order chi connectivity index (χ0) is 13.8. The zero-order valence-corrected chi connectivity index (χ0v) is 12.2. The standard InChI is InChI=1S/C15H19N3OS/c19-15(11-4-3-8-16-10-11)17-9-7-14-18-12-5-1-2-6-13(12)20-14/h1-2,5-6,11,16H,3-4,7-10H2,(H,17,19). The molecular weight excluding hydrogens is 270 g/mol. The summed E-state index contributed by atoms with van der Waals surface area (Å²) in [5.41, 5.74) is 1.05. The molecule has 2 aromatic rings. The summed E-state index contributed by atoms with van der Waals surface area (Å²) in [5, 5.41) is 7.39. The second-order valence-electron chi connectivity index (χ2n) is 5.16. The van der Waals surface area contributed by atoms with Gasteiger partial charge in [-0.2, -0.15) is 0 Å². The van der Waals surface area contributed by atoms with Crippen molar-refractivity contribution in [3.05, 3.63) is 29.3 Å². The molecule has 1 aromatic heterocycles. The van der Waals surface area contributed by atoms with Crippen molar-refractivity contribution in [3.8, 4) is 0 Å². The molecule has 1 aromatic carbocycles. The van der Waals surface area contributed by atoms with Crippen molar-refractivity contribution in [2.24, 2.45) is 5.92 Å². The summed E-state index contributed by atoms with van der Waals surface area (Å²) in [6.45, 7) is 2.53. The van der Waals surface area contributed by atoms with Gasteiger partial charge in [-0.1, -0.05) is 12.1 Å². The Labute approximate surface area is 122 Å². The number of hydrogen-bond acceptors (Lipinski definition) is 4. The summed E-state index contributed by atoms with van der Waals surface area (Å²) in [7, 11) is 0. The van der Waals surface area contributed by atoms with E-state index in [1.54, 1.807) is 11.3 Å². The molecule has 1 unspecified atom stereocenters. The Hall–Kier alpha value is -1.46. The molecule has 3 rings (SSSR count). The van der Waals surface area contributed by atoms with Crippen molar-refractivity contribution >= 4 is 27.5 Å². The molecule has 1 amide bonds. The van der Waals surface area contributed by atoms with Crippen LogP contribution in [-0.2, 0) is 11.2 Å². The van der Waals surface area contributed by atoms with Crippen LogP contribution in [0.5, 0.6) is 0 Å². The van der Waals surface area contributed by atoms with Crippen LogP contribution in [0.4, 0.5) is 0 Å². The molecule has 0 bridgehead atoms. The van der Waals surface area contributed by atoms with Gasteiger partial charge in [0, 0.05) is 19.5 Å². The number of nitrogens with zero attached hydrogens (tertiary/aromatic N) is 1. The van der Waals surface area contributed by atoms with Crippen molar-refractivity contribution in [1.82, 2.24) is 15.6 Å². The van der Waals surface area contributed by atoms with Crippen molar-refractivity contribution in [2.75, 3.05) is 19.6 Å². The minimum absolute atomic E-state index is 0.138. The van der Waals surface area contributed by atoms with Gasteiger partial charge < -0.3 is 10.6 Å². The van der Waals surface area contributed by atoms with Gasteiger partial charge in [0.05, 0.1) is 21.1 Å². The number of fused-ring (bicyclic) bond motifs is 1. The molecule has 106 valence electrons. The van der Waals surface area contributed by atoms with Crippen LogP contribution in [0.1, 0.15) is 17.8 Å². The lowest BCUT2D eigenvalue weighted by Gasteiger charge is -2.21. The average molecular weight is 289 g/mol. The quantitative estimate of drug-likeness (QED) is 0.904. The van der Waals surface area contributed by atoms with Crippen molar-refractivity contribution in [1.29, 1.82) is 0 Å². The topological polar surface area (TPSA) is 54.0 Å². The zero-order valence-electron chi connectivity index (χ0n) is 11.4. The van der Waals surface area contributed by atoms with Crippen molar-refractivity contribution in [3.63, 3.8) is 0 Å². The number of piperidine rings is 1. The van der Waals surface area contributed by atoms with Crippen LogP contribution in [0.15, 0.2) is 24.3 Å². The maximum atomic E-state index is 12.0. The maximum absolute atomic E-state index is 12.0. The minimum Gasteiger partial charge on any atom is -0.355 e. The van der Waals surface area contributed by atoms with Gasteiger partial charge in [-0.25, -0.2) is 4.98 Å². The van der Waals surface area contributed by atoms with E-state index in [0.29, 0.717) is 6.54 Å². The number of aromatic nitrogens is 1. The van der Waals surface area contributed by atoms with Gasteiger partial charge in [0.2, 0.25) is 5.91 Å². The smallest absolute Gasteiger partial charge is 0.224 e. The normalized spacial score (nSPS) is 19.1. The van der Waals surface area contributed by atoms with Crippen LogP contribution in [-0.4, -0.2) is 30.5 Å². The molecule has 0 saturated carbocycles. The van der Waals surface area contributed by atoms with E-state index in [-0.39, 0.29) is 11.8 Å². The SMILES string of the molecule is O=C(NCCc1nc2ccccc2s1)C1CCCNC1. The van der Waals surface area contributed by atoms with Gasteiger partial charge in [-0.3, -0.25) is 4.79 Å². The molecule has 5 heteroatoms. The van der Waals surface area contributed by atoms with Gasteiger partial charge in [-0.05, 0) is 31.5 Å². The van der Waals surface area contributed by atoms with Gasteiger partial charge in [0.1, 0.15) is 0 Å². The van der Waals surface area contributed by atoms with Crippen LogP contribution in [0.2, 0.25) is 0 Å². The molecule has 1 atom stereocenters. The molecule has 1 aliphatic heterocycles. The Bertz CT molecular complexity index is 557. The third-order valence-electron chi connectivity index (χ3n) is 3.64. The molecule has 1 aliphatic rings. The van der Waals surface area contributed by atoms with Gasteiger partial charge in [-0.15, -0.1) is 11.3 Å². The van der Waals surface area contributed by atoms with Gasteiger partial charge in [0.25, 0.3) is 0 Å². The summed E-state index contributed by atoms with van der Waals surface area (Å²) in [4.78, 5) is 16.6. The number of nitrogens with one attached hydrogen (secondary N) is 2. The second kappa shape index (κ2) is 6.33. The maximum Gasteiger partial charge on any atom is 0.224 e. The number of carbonyl (C=O) groups excluding carboxylic acids is 1. The summed E-state index contributed by atoms with van der Waals surface area (Å²) in [6, 6.07) is 8.15. The summed E-state index contributed by atoms with van der Waals surface area (Å²) in [5.74, 6) is 0.317. The predicted molar refractivity (Wildman–Crippen MR) is 81.9 cm³/mol. The van der Waals surface area contributed by atoms with Gasteiger partial charge >= 0.3 is 0 Å². The average Bonchev–Trinajstić information content (AvgIpc) is 2.90. The Morgan fingerprint density at radius 3 is 3.15 bits per heavy atom. The summed E-state index contributed by atoms with van der Waals surface area (Å²) in [6.07, 6.45) is 2.90. The fourth-order valence-corrected chi connectivity index (χ4v) is 3.51. The van der Waals surface area contributed by atoms with Crippen molar-refractivity contribution in [2.45, 2.75) is 19.3 Å². The van der Waals surface area contributed by atoms with Crippen LogP contribution < -0.4 is 10.6 Å². The van der Waals surface area contributed by atoms with E-state index in [4.69, 9.17) is 0 Å². The van der Waals surface area contributed by atoms with Crippen LogP contribution in [0.3, 0.4) is 0 Å². The van der Waals surface area contributed by atoms with E-state index in [1.165, 1.54) is 4.70 Å². The van der Waals surface area contributed by atoms with E-state index in [0.717, 1.165) is 42.9 Å². The number of thiazole rings is 1. The van der Waals surface area contributed by atoms with Crippen LogP contribution in [0.25, 0.3) is 10.2 Å².